The van der Waals surface area contributed by atoms with Crippen molar-refractivity contribution in [3.05, 3.63) is 101 Å². The van der Waals surface area contributed by atoms with Crippen LogP contribution in [0.5, 0.6) is 0 Å². The first kappa shape index (κ1) is 40.3. The van der Waals surface area contributed by atoms with E-state index in [1.807, 2.05) is 31.5 Å². The lowest BCUT2D eigenvalue weighted by molar-refractivity contribution is -0.136. The van der Waals surface area contributed by atoms with E-state index in [0.717, 1.165) is 105 Å². The molecule has 1 aliphatic carbocycles. The summed E-state index contributed by atoms with van der Waals surface area (Å²) in [5.41, 5.74) is 6.51. The highest BCUT2D eigenvalue weighted by Gasteiger charge is 2.46. The van der Waals surface area contributed by atoms with Gasteiger partial charge in [-0.1, -0.05) is 24.3 Å². The summed E-state index contributed by atoms with van der Waals surface area (Å²) in [6, 6.07) is 18.7. The maximum Gasteiger partial charge on any atom is 0.270 e. The van der Waals surface area contributed by atoms with Crippen LogP contribution in [0.2, 0.25) is 0 Å². The zero-order valence-electron chi connectivity index (χ0n) is 35.2. The smallest absolute Gasteiger partial charge is 0.270 e. The van der Waals surface area contributed by atoms with Gasteiger partial charge in [-0.05, 0) is 86.9 Å². The molecule has 3 aromatic heterocycles. The molecule has 1 saturated carbocycles. The molecule has 0 bridgehead atoms. The summed E-state index contributed by atoms with van der Waals surface area (Å²) in [6.45, 7) is 8.86. The van der Waals surface area contributed by atoms with Gasteiger partial charge in [0.25, 0.3) is 17.7 Å². The van der Waals surface area contributed by atoms with Crippen LogP contribution in [-0.2, 0) is 16.1 Å². The van der Waals surface area contributed by atoms with Gasteiger partial charge in [-0.3, -0.25) is 39.1 Å². The molecule has 4 fully saturated rings. The fourth-order valence-electron chi connectivity index (χ4n) is 9.83. The average Bonchev–Trinajstić information content (AvgIpc) is 3.82. The van der Waals surface area contributed by atoms with E-state index in [4.69, 9.17) is 4.98 Å². The van der Waals surface area contributed by atoms with Crippen molar-refractivity contribution in [2.45, 2.75) is 70.1 Å². The predicted molar refractivity (Wildman–Crippen MR) is 234 cm³/mol. The van der Waals surface area contributed by atoms with Crippen molar-refractivity contribution in [1.82, 2.24) is 44.9 Å². The van der Waals surface area contributed by atoms with E-state index in [9.17, 15) is 24.0 Å². The maximum atomic E-state index is 13.7. The van der Waals surface area contributed by atoms with Crippen molar-refractivity contribution >= 4 is 57.9 Å². The maximum absolute atomic E-state index is 13.7. The molecule has 0 radical (unpaired) electrons. The summed E-state index contributed by atoms with van der Waals surface area (Å²) in [5, 5.41) is 8.88. The quantitative estimate of drug-likeness (QED) is 0.163. The average molecular weight is 851 g/mol. The number of benzene rings is 2. The first-order valence-electron chi connectivity index (χ1n) is 22.0. The van der Waals surface area contributed by atoms with E-state index in [0.29, 0.717) is 35.1 Å². The van der Waals surface area contributed by atoms with E-state index < -0.39 is 23.8 Å². The number of piperidine rings is 2. The third-order valence-corrected chi connectivity index (χ3v) is 13.3. The summed E-state index contributed by atoms with van der Waals surface area (Å²) in [4.78, 5) is 90.5. The van der Waals surface area contributed by atoms with Crippen LogP contribution in [-0.4, -0.2) is 122 Å². The number of carbonyl (C=O) groups is 5. The van der Waals surface area contributed by atoms with E-state index in [1.54, 1.807) is 24.5 Å². The number of rotatable bonds is 11. The van der Waals surface area contributed by atoms with Gasteiger partial charge in [0.15, 0.2) is 11.5 Å². The number of imidazole rings is 1. The van der Waals surface area contributed by atoms with Crippen LogP contribution in [0.1, 0.15) is 87.0 Å². The number of anilines is 3. The minimum absolute atomic E-state index is 0.0676. The van der Waals surface area contributed by atoms with Crippen LogP contribution < -0.4 is 25.8 Å². The molecular formula is C46H50N12O5. The summed E-state index contributed by atoms with van der Waals surface area (Å²) in [5.74, 6) is -0.860. The van der Waals surface area contributed by atoms with E-state index in [1.165, 1.54) is 5.69 Å². The second kappa shape index (κ2) is 16.8. The van der Waals surface area contributed by atoms with Crippen molar-refractivity contribution in [2.75, 3.05) is 60.9 Å². The minimum atomic E-state index is -0.977. The Kier molecular flexibility index (Phi) is 10.8. The summed E-state index contributed by atoms with van der Waals surface area (Å²) in [6.07, 6.45) is 7.16. The number of fused-ring (bicyclic) bond motifs is 2. The molecule has 1 atom stereocenters. The SMILES string of the molecule is Cc1cccc(C(=O)NC2CC(n3cnc4c(NCc5cccc(N6CCN(CC7CCN(c8cccc9c8C(=O)N(C8CCC(=O)NC8=O)C9=O)CC7)CC6)c5)ncnc43)C2)n1. The van der Waals surface area contributed by atoms with Crippen molar-refractivity contribution in [3.8, 4) is 0 Å². The molecule has 4 aliphatic heterocycles. The fourth-order valence-corrected chi connectivity index (χ4v) is 9.83. The molecule has 2 aromatic carbocycles. The molecule has 17 heteroatoms. The number of nitrogens with zero attached hydrogens (tertiary/aromatic N) is 9. The highest BCUT2D eigenvalue weighted by molar-refractivity contribution is 6.25. The third-order valence-electron chi connectivity index (χ3n) is 13.3. The Hall–Kier alpha value is -6.75. The molecular weight excluding hydrogens is 801 g/mol. The largest absolute Gasteiger partial charge is 0.371 e. The van der Waals surface area contributed by atoms with Gasteiger partial charge in [0.2, 0.25) is 11.8 Å². The topological polar surface area (TPSA) is 191 Å². The first-order valence-corrected chi connectivity index (χ1v) is 22.0. The molecule has 5 aromatic rings. The Balaban J connectivity index is 0.692. The zero-order chi connectivity index (χ0) is 43.2. The lowest BCUT2D eigenvalue weighted by atomic mass is 9.86. The van der Waals surface area contributed by atoms with Crippen LogP contribution in [0.25, 0.3) is 11.2 Å². The van der Waals surface area contributed by atoms with Gasteiger partial charge in [0.05, 0.1) is 23.1 Å². The summed E-state index contributed by atoms with van der Waals surface area (Å²) in [7, 11) is 0. The summed E-state index contributed by atoms with van der Waals surface area (Å²) < 4.78 is 2.09. The predicted octanol–water partition coefficient (Wildman–Crippen LogP) is 3.72. The molecule has 7 heterocycles. The van der Waals surface area contributed by atoms with Gasteiger partial charge in [-0.2, -0.15) is 0 Å². The molecule has 324 valence electrons. The highest BCUT2D eigenvalue weighted by Crippen LogP contribution is 2.37. The Labute approximate surface area is 364 Å². The first-order chi connectivity index (χ1) is 30.7. The van der Waals surface area contributed by atoms with E-state index in [2.05, 4.69) is 74.4 Å². The lowest BCUT2D eigenvalue weighted by Gasteiger charge is -2.40. The molecule has 0 spiro atoms. The standard InChI is InChI=1S/C46H50N12O5/c1-28-5-2-9-35(51-28)43(60)52-31-22-33(23-31)57-27-50-40-41(48-26-49-42(40)57)47-24-30-6-3-7-32(21-30)55-19-17-54(18-20-55)25-29-13-15-56(16-14-29)36-10-4-8-34-39(36)46(63)58(45(34)62)37-11-12-38(59)53-44(37)61/h2-10,21,26-27,29,31,33,37H,11-20,22-25H2,1H3,(H,52,60)(H,47,48,49)(H,53,59,61). The monoisotopic (exact) mass is 850 g/mol. The van der Waals surface area contributed by atoms with Crippen molar-refractivity contribution in [2.24, 2.45) is 5.92 Å². The molecule has 5 amide bonds. The zero-order valence-corrected chi connectivity index (χ0v) is 35.2. The second-order valence-corrected chi connectivity index (χ2v) is 17.4. The molecule has 3 N–H and O–H groups in total. The van der Waals surface area contributed by atoms with Crippen molar-refractivity contribution in [3.63, 3.8) is 0 Å². The van der Waals surface area contributed by atoms with Crippen LogP contribution in [0.15, 0.2) is 73.3 Å². The number of aryl methyl sites for hydroxylation is 1. The molecule has 3 saturated heterocycles. The van der Waals surface area contributed by atoms with Crippen molar-refractivity contribution < 1.29 is 24.0 Å². The van der Waals surface area contributed by atoms with E-state index in [-0.39, 0.29) is 36.7 Å². The lowest BCUT2D eigenvalue weighted by Crippen LogP contribution is -2.54. The summed E-state index contributed by atoms with van der Waals surface area (Å²) >= 11 is 0. The fraction of sp³-hybridized carbons (Fsp3) is 0.413. The number of nitrogens with one attached hydrogen (secondary N) is 3. The number of aromatic nitrogens is 5. The van der Waals surface area contributed by atoms with Crippen molar-refractivity contribution in [1.29, 1.82) is 0 Å². The van der Waals surface area contributed by atoms with Gasteiger partial charge in [-0.15, -0.1) is 0 Å². The third kappa shape index (κ3) is 7.96. The van der Waals surface area contributed by atoms with Gasteiger partial charge >= 0.3 is 0 Å². The van der Waals surface area contributed by atoms with Gasteiger partial charge in [0.1, 0.15) is 23.6 Å². The Morgan fingerprint density at radius 1 is 0.841 bits per heavy atom. The van der Waals surface area contributed by atoms with Crippen LogP contribution >= 0.6 is 0 Å². The number of pyridine rings is 1. The number of carbonyl (C=O) groups excluding carboxylic acids is 5. The number of amides is 5. The van der Waals surface area contributed by atoms with Crippen LogP contribution in [0.4, 0.5) is 17.2 Å². The molecule has 63 heavy (non-hydrogen) atoms. The molecule has 17 nitrogen and oxygen atoms in total. The van der Waals surface area contributed by atoms with Crippen LogP contribution in [0.3, 0.4) is 0 Å². The normalized spacial score (nSPS) is 22.0. The van der Waals surface area contributed by atoms with Gasteiger partial charge < -0.3 is 25.0 Å². The molecule has 1 unspecified atom stereocenters. The van der Waals surface area contributed by atoms with Gasteiger partial charge in [0, 0.05) is 82.2 Å². The van der Waals surface area contributed by atoms with Gasteiger partial charge in [-0.25, -0.2) is 19.9 Å². The molecule has 5 aliphatic rings. The van der Waals surface area contributed by atoms with E-state index >= 15 is 0 Å². The Morgan fingerprint density at radius 2 is 1.63 bits per heavy atom. The number of imide groups is 2. The number of piperazine rings is 1. The molecule has 10 rings (SSSR count). The van der Waals surface area contributed by atoms with Crippen LogP contribution in [0, 0.1) is 12.8 Å². The minimum Gasteiger partial charge on any atom is -0.371 e. The number of hydrogen-bond donors (Lipinski definition) is 3. The highest BCUT2D eigenvalue weighted by atomic mass is 16.2. The Bertz CT molecular complexity index is 2610. The Morgan fingerprint density at radius 3 is 2.43 bits per heavy atom. The second-order valence-electron chi connectivity index (χ2n) is 17.4. The number of hydrogen-bond acceptors (Lipinski definition) is 13.